The van der Waals surface area contributed by atoms with Gasteiger partial charge in [0.05, 0.1) is 5.69 Å². The highest BCUT2D eigenvalue weighted by Gasteiger charge is 2.20. The van der Waals surface area contributed by atoms with Crippen LogP contribution in [0.1, 0.15) is 58.2 Å². The zero-order valence-electron chi connectivity index (χ0n) is 18.3. The van der Waals surface area contributed by atoms with Crippen LogP contribution in [0.3, 0.4) is 0 Å². The summed E-state index contributed by atoms with van der Waals surface area (Å²) in [6.07, 6.45) is 2.44. The van der Waals surface area contributed by atoms with Gasteiger partial charge in [0.1, 0.15) is 18.1 Å². The van der Waals surface area contributed by atoms with Crippen molar-refractivity contribution in [3.8, 4) is 5.75 Å². The van der Waals surface area contributed by atoms with E-state index in [-0.39, 0.29) is 24.0 Å². The molecule has 0 aliphatic carbocycles. The molecule has 0 radical (unpaired) electrons. The molecule has 1 aromatic carbocycles. The number of benzene rings is 1. The molecule has 2 aromatic heterocycles. The molecule has 3 aromatic rings. The highest BCUT2D eigenvalue weighted by molar-refractivity contribution is 6.07. The third-order valence-corrected chi connectivity index (χ3v) is 4.55. The summed E-state index contributed by atoms with van der Waals surface area (Å²) >= 11 is 0. The maximum absolute atomic E-state index is 12.7. The molecule has 8 heteroatoms. The van der Waals surface area contributed by atoms with Crippen molar-refractivity contribution >= 4 is 17.5 Å². The van der Waals surface area contributed by atoms with Crippen molar-refractivity contribution in [3.05, 3.63) is 64.9 Å². The molecule has 0 fully saturated rings. The van der Waals surface area contributed by atoms with Crippen LogP contribution in [-0.4, -0.2) is 28.1 Å². The van der Waals surface area contributed by atoms with Gasteiger partial charge in [-0.1, -0.05) is 13.0 Å². The molecule has 3 rings (SSSR count). The topological polar surface area (TPSA) is 98.4 Å². The Bertz CT molecular complexity index is 1050. The smallest absolute Gasteiger partial charge is 0.291 e. The summed E-state index contributed by atoms with van der Waals surface area (Å²) in [7, 11) is 0. The summed E-state index contributed by atoms with van der Waals surface area (Å²) in [5.74, 6) is 0.608. The van der Waals surface area contributed by atoms with Crippen LogP contribution in [0, 0.1) is 13.8 Å². The van der Waals surface area contributed by atoms with Crippen molar-refractivity contribution in [2.24, 2.45) is 0 Å². The van der Waals surface area contributed by atoms with Crippen LogP contribution in [0.25, 0.3) is 0 Å². The van der Waals surface area contributed by atoms with E-state index in [9.17, 15) is 9.59 Å². The van der Waals surface area contributed by atoms with Gasteiger partial charge in [0.15, 0.2) is 11.5 Å². The van der Waals surface area contributed by atoms with Crippen LogP contribution < -0.4 is 15.4 Å². The molecule has 0 spiro atoms. The average molecular weight is 425 g/mol. The molecule has 2 heterocycles. The predicted molar refractivity (Wildman–Crippen MR) is 117 cm³/mol. The zero-order chi connectivity index (χ0) is 22.4. The SMILES string of the molecule is CCCNC(=O)c1nn(CC)cc1NC(=O)c1ccc(COc2cc(C)cc(C)c2)o1. The van der Waals surface area contributed by atoms with Crippen molar-refractivity contribution in [1.29, 1.82) is 0 Å². The number of aryl methyl sites for hydroxylation is 3. The lowest BCUT2D eigenvalue weighted by atomic mass is 10.1. The lowest BCUT2D eigenvalue weighted by Gasteiger charge is -2.07. The fourth-order valence-corrected chi connectivity index (χ4v) is 3.10. The maximum atomic E-state index is 12.7. The highest BCUT2D eigenvalue weighted by atomic mass is 16.5. The maximum Gasteiger partial charge on any atom is 0.291 e. The van der Waals surface area contributed by atoms with Crippen LogP contribution in [0.5, 0.6) is 5.75 Å². The first-order chi connectivity index (χ1) is 14.9. The van der Waals surface area contributed by atoms with Gasteiger partial charge in [-0.05, 0) is 62.6 Å². The third kappa shape index (κ3) is 5.75. The van der Waals surface area contributed by atoms with Crippen LogP contribution in [0.4, 0.5) is 5.69 Å². The molecule has 0 unspecified atom stereocenters. The largest absolute Gasteiger partial charge is 0.486 e. The summed E-state index contributed by atoms with van der Waals surface area (Å²) in [5, 5.41) is 9.75. The number of carbonyl (C=O) groups is 2. The molecule has 2 N–H and O–H groups in total. The van der Waals surface area contributed by atoms with E-state index < -0.39 is 5.91 Å². The summed E-state index contributed by atoms with van der Waals surface area (Å²) < 4.78 is 13.0. The number of anilines is 1. The molecule has 0 saturated heterocycles. The van der Waals surface area contributed by atoms with Crippen LogP contribution in [-0.2, 0) is 13.2 Å². The second kappa shape index (κ2) is 9.97. The summed E-state index contributed by atoms with van der Waals surface area (Å²) in [6.45, 7) is 9.19. The second-order valence-electron chi connectivity index (χ2n) is 7.34. The Morgan fingerprint density at radius 2 is 1.84 bits per heavy atom. The number of furan rings is 1. The lowest BCUT2D eigenvalue weighted by Crippen LogP contribution is -2.26. The average Bonchev–Trinajstić information content (AvgIpc) is 3.37. The monoisotopic (exact) mass is 424 g/mol. The fourth-order valence-electron chi connectivity index (χ4n) is 3.10. The van der Waals surface area contributed by atoms with Crippen molar-refractivity contribution in [1.82, 2.24) is 15.1 Å². The molecule has 2 amide bonds. The quantitative estimate of drug-likeness (QED) is 0.539. The Labute approximate surface area is 181 Å². The summed E-state index contributed by atoms with van der Waals surface area (Å²) in [5.41, 5.74) is 2.74. The van der Waals surface area contributed by atoms with Crippen molar-refractivity contribution in [3.63, 3.8) is 0 Å². The van der Waals surface area contributed by atoms with Gasteiger partial charge in [-0.15, -0.1) is 0 Å². The Morgan fingerprint density at radius 1 is 1.10 bits per heavy atom. The lowest BCUT2D eigenvalue weighted by molar-refractivity contribution is 0.0948. The summed E-state index contributed by atoms with van der Waals surface area (Å²) in [4.78, 5) is 25.0. The number of nitrogens with zero attached hydrogens (tertiary/aromatic N) is 2. The van der Waals surface area contributed by atoms with Gasteiger partial charge >= 0.3 is 0 Å². The van der Waals surface area contributed by atoms with E-state index in [1.807, 2.05) is 39.8 Å². The van der Waals surface area contributed by atoms with Gasteiger partial charge in [0, 0.05) is 19.3 Å². The molecular weight excluding hydrogens is 396 g/mol. The van der Waals surface area contributed by atoms with E-state index in [2.05, 4.69) is 21.8 Å². The second-order valence-corrected chi connectivity index (χ2v) is 7.34. The van der Waals surface area contributed by atoms with Crippen molar-refractivity contribution in [2.45, 2.75) is 47.3 Å². The van der Waals surface area contributed by atoms with Gasteiger partial charge in [-0.3, -0.25) is 14.3 Å². The number of hydrogen-bond acceptors (Lipinski definition) is 5. The van der Waals surface area contributed by atoms with Crippen LogP contribution in [0.2, 0.25) is 0 Å². The molecular formula is C23H28N4O4. The van der Waals surface area contributed by atoms with E-state index in [1.165, 1.54) is 0 Å². The molecule has 0 bridgehead atoms. The Balaban J connectivity index is 1.67. The minimum absolute atomic E-state index is 0.128. The van der Waals surface area contributed by atoms with E-state index in [0.717, 1.165) is 23.3 Å². The van der Waals surface area contributed by atoms with Crippen molar-refractivity contribution in [2.75, 3.05) is 11.9 Å². The standard InChI is InChI=1S/C23H28N4O4/c1-5-9-24-23(29)21-19(13-27(6-2)26-21)25-22(28)20-8-7-17(31-20)14-30-18-11-15(3)10-16(4)12-18/h7-8,10-13H,5-6,9,14H2,1-4H3,(H,24,29)(H,25,28). The first-order valence-corrected chi connectivity index (χ1v) is 10.4. The Kier molecular flexibility index (Phi) is 7.12. The molecule has 0 saturated carbocycles. The van der Waals surface area contributed by atoms with Crippen LogP contribution in [0.15, 0.2) is 40.9 Å². The van der Waals surface area contributed by atoms with Crippen molar-refractivity contribution < 1.29 is 18.7 Å². The fraction of sp³-hybridized carbons (Fsp3) is 0.348. The zero-order valence-corrected chi connectivity index (χ0v) is 18.3. The molecule has 0 aliphatic rings. The van der Waals surface area contributed by atoms with Crippen LogP contribution >= 0.6 is 0 Å². The molecule has 8 nitrogen and oxygen atoms in total. The normalized spacial score (nSPS) is 10.7. The van der Waals surface area contributed by atoms with Gasteiger partial charge < -0.3 is 19.8 Å². The van der Waals surface area contributed by atoms with Gasteiger partial charge in [0.25, 0.3) is 11.8 Å². The molecule has 164 valence electrons. The molecule has 0 atom stereocenters. The first kappa shape index (κ1) is 22.1. The first-order valence-electron chi connectivity index (χ1n) is 10.4. The predicted octanol–water partition coefficient (Wildman–Crippen LogP) is 4.08. The minimum atomic E-state index is -0.460. The number of hydrogen-bond donors (Lipinski definition) is 2. The number of carbonyl (C=O) groups excluding carboxylic acids is 2. The number of ether oxygens (including phenoxy) is 1. The van der Waals surface area contributed by atoms with Gasteiger partial charge in [-0.25, -0.2) is 0 Å². The Hall–Kier alpha value is -3.55. The van der Waals surface area contributed by atoms with E-state index in [1.54, 1.807) is 23.0 Å². The minimum Gasteiger partial charge on any atom is -0.486 e. The summed E-state index contributed by atoms with van der Waals surface area (Å²) in [6, 6.07) is 9.23. The number of aromatic nitrogens is 2. The van der Waals surface area contributed by atoms with E-state index in [4.69, 9.17) is 9.15 Å². The number of amides is 2. The van der Waals surface area contributed by atoms with E-state index >= 15 is 0 Å². The number of nitrogens with one attached hydrogen (secondary N) is 2. The van der Waals surface area contributed by atoms with Gasteiger partial charge in [-0.2, -0.15) is 5.10 Å². The third-order valence-electron chi connectivity index (χ3n) is 4.55. The highest BCUT2D eigenvalue weighted by Crippen LogP contribution is 2.20. The van der Waals surface area contributed by atoms with Gasteiger partial charge in [0.2, 0.25) is 0 Å². The van der Waals surface area contributed by atoms with E-state index in [0.29, 0.717) is 24.5 Å². The molecule has 0 aliphatic heterocycles. The molecule has 31 heavy (non-hydrogen) atoms. The number of rotatable bonds is 9. The Morgan fingerprint density at radius 3 is 2.52 bits per heavy atom.